The lowest BCUT2D eigenvalue weighted by molar-refractivity contribution is 0.0714. The molecule has 4 aromatic rings. The van der Waals surface area contributed by atoms with Crippen LogP contribution in [0.5, 0.6) is 0 Å². The van der Waals surface area contributed by atoms with Crippen molar-refractivity contribution in [1.82, 2.24) is 20.1 Å². The lowest BCUT2D eigenvalue weighted by Gasteiger charge is -2.28. The van der Waals surface area contributed by atoms with E-state index in [4.69, 9.17) is 0 Å². The molecule has 1 aliphatic carbocycles. The Morgan fingerprint density at radius 2 is 2.00 bits per heavy atom. The van der Waals surface area contributed by atoms with Crippen LogP contribution in [0.1, 0.15) is 47.3 Å². The van der Waals surface area contributed by atoms with Crippen molar-refractivity contribution in [3.05, 3.63) is 70.9 Å². The number of thiophene rings is 1. The van der Waals surface area contributed by atoms with Gasteiger partial charge in [-0.1, -0.05) is 37.1 Å². The number of aryl methyl sites for hydroxylation is 1. The molecule has 3 heterocycles. The summed E-state index contributed by atoms with van der Waals surface area (Å²) >= 11 is 1.54. The summed E-state index contributed by atoms with van der Waals surface area (Å²) in [6.45, 7) is 0. The van der Waals surface area contributed by atoms with Gasteiger partial charge in [0.1, 0.15) is 10.5 Å². The smallest absolute Gasteiger partial charge is 0.270 e. The third-order valence-electron chi connectivity index (χ3n) is 6.16. The van der Waals surface area contributed by atoms with Gasteiger partial charge < -0.3 is 10.4 Å². The quantitative estimate of drug-likeness (QED) is 0.478. The summed E-state index contributed by atoms with van der Waals surface area (Å²) in [5, 5.41) is 20.8. The number of pyridine rings is 1. The maximum absolute atomic E-state index is 12.9. The Labute approximate surface area is 190 Å². The standard InChI is InChI=1S/C25H26N4O2S/c1-29-12-10-20(28-29)17-8-6-16(7-9-17)14-18-15-22(27-25-19(18)11-13-32-25)24(31)26-21-4-2-3-5-23(21)30/h6-13,15,21,23,30H,2-5,14H2,1H3,(H,26,31)/t21-,23-/m0/s1. The van der Waals surface area contributed by atoms with Gasteiger partial charge in [0.05, 0.1) is 17.8 Å². The van der Waals surface area contributed by atoms with Gasteiger partial charge in [-0.15, -0.1) is 11.3 Å². The van der Waals surface area contributed by atoms with E-state index in [-0.39, 0.29) is 11.9 Å². The zero-order valence-corrected chi connectivity index (χ0v) is 18.8. The molecule has 0 radical (unpaired) electrons. The molecule has 1 aliphatic rings. The maximum Gasteiger partial charge on any atom is 0.270 e. The fraction of sp³-hybridized carbons (Fsp3) is 0.320. The molecule has 0 aliphatic heterocycles. The molecule has 164 valence electrons. The first kappa shape index (κ1) is 20.8. The van der Waals surface area contributed by atoms with Crippen LogP contribution in [-0.2, 0) is 13.5 Å². The summed E-state index contributed by atoms with van der Waals surface area (Å²) in [6.07, 6.45) is 5.76. The fourth-order valence-corrected chi connectivity index (χ4v) is 5.19. The Morgan fingerprint density at radius 3 is 2.75 bits per heavy atom. The molecule has 2 atom stereocenters. The van der Waals surface area contributed by atoms with Crippen molar-refractivity contribution in [3.8, 4) is 11.3 Å². The molecule has 0 unspecified atom stereocenters. The van der Waals surface area contributed by atoms with E-state index in [0.717, 1.165) is 58.3 Å². The van der Waals surface area contributed by atoms with Crippen LogP contribution in [0.2, 0.25) is 0 Å². The van der Waals surface area contributed by atoms with Gasteiger partial charge in [-0.25, -0.2) is 4.98 Å². The Bertz CT molecular complexity index is 1240. The number of nitrogens with one attached hydrogen (secondary N) is 1. The van der Waals surface area contributed by atoms with Gasteiger partial charge in [-0.2, -0.15) is 5.10 Å². The van der Waals surface area contributed by atoms with Crippen LogP contribution in [0.15, 0.2) is 54.0 Å². The number of aliphatic hydroxyl groups is 1. The number of nitrogens with zero attached hydrogens (tertiary/aromatic N) is 3. The Hall–Kier alpha value is -3.03. The first-order valence-electron chi connectivity index (χ1n) is 11.0. The van der Waals surface area contributed by atoms with Gasteiger partial charge in [-0.05, 0) is 54.0 Å². The number of amides is 1. The van der Waals surface area contributed by atoms with Gasteiger partial charge in [0.2, 0.25) is 0 Å². The van der Waals surface area contributed by atoms with E-state index in [1.165, 1.54) is 0 Å². The van der Waals surface area contributed by atoms with Crippen LogP contribution in [0.25, 0.3) is 21.5 Å². The summed E-state index contributed by atoms with van der Waals surface area (Å²) in [6, 6.07) is 14.2. The van der Waals surface area contributed by atoms with Crippen LogP contribution in [0.4, 0.5) is 0 Å². The van der Waals surface area contributed by atoms with Crippen molar-refractivity contribution in [1.29, 1.82) is 0 Å². The topological polar surface area (TPSA) is 80.0 Å². The number of hydrogen-bond acceptors (Lipinski definition) is 5. The largest absolute Gasteiger partial charge is 0.391 e. The third kappa shape index (κ3) is 4.31. The van der Waals surface area contributed by atoms with Gasteiger partial charge >= 0.3 is 0 Å². The third-order valence-corrected chi connectivity index (χ3v) is 6.97. The van der Waals surface area contributed by atoms with Crippen LogP contribution < -0.4 is 5.32 Å². The summed E-state index contributed by atoms with van der Waals surface area (Å²) in [5.74, 6) is -0.210. The zero-order valence-electron chi connectivity index (χ0n) is 18.0. The van der Waals surface area contributed by atoms with Crippen LogP contribution in [0, 0.1) is 0 Å². The van der Waals surface area contributed by atoms with E-state index in [1.807, 2.05) is 30.8 Å². The van der Waals surface area contributed by atoms with Crippen molar-refractivity contribution < 1.29 is 9.90 Å². The summed E-state index contributed by atoms with van der Waals surface area (Å²) in [4.78, 5) is 18.4. The number of carbonyl (C=O) groups is 1. The monoisotopic (exact) mass is 446 g/mol. The van der Waals surface area contributed by atoms with Crippen LogP contribution in [-0.4, -0.2) is 37.9 Å². The summed E-state index contributed by atoms with van der Waals surface area (Å²) < 4.78 is 1.80. The minimum atomic E-state index is -0.477. The van der Waals surface area contributed by atoms with Gasteiger partial charge in [0.25, 0.3) is 5.91 Å². The van der Waals surface area contributed by atoms with Crippen molar-refractivity contribution >= 4 is 27.5 Å². The van der Waals surface area contributed by atoms with E-state index in [9.17, 15) is 9.90 Å². The highest BCUT2D eigenvalue weighted by Crippen LogP contribution is 2.27. The molecule has 3 aromatic heterocycles. The number of hydrogen-bond donors (Lipinski definition) is 2. The fourth-order valence-electron chi connectivity index (χ4n) is 4.38. The molecular weight excluding hydrogens is 420 g/mol. The Balaban J connectivity index is 1.39. The minimum absolute atomic E-state index is 0.195. The molecule has 0 saturated heterocycles. The summed E-state index contributed by atoms with van der Waals surface area (Å²) in [7, 11) is 1.91. The minimum Gasteiger partial charge on any atom is -0.391 e. The molecule has 6 nitrogen and oxygen atoms in total. The van der Waals surface area contributed by atoms with E-state index in [2.05, 4.69) is 45.7 Å². The highest BCUT2D eigenvalue weighted by Gasteiger charge is 2.25. The zero-order chi connectivity index (χ0) is 22.1. The number of aromatic nitrogens is 3. The van der Waals surface area contributed by atoms with E-state index in [1.54, 1.807) is 16.0 Å². The van der Waals surface area contributed by atoms with Gasteiger partial charge in [-0.3, -0.25) is 9.48 Å². The van der Waals surface area contributed by atoms with Crippen LogP contribution in [0.3, 0.4) is 0 Å². The van der Waals surface area contributed by atoms with E-state index < -0.39 is 6.10 Å². The van der Waals surface area contributed by atoms with Crippen molar-refractivity contribution in [2.75, 3.05) is 0 Å². The SMILES string of the molecule is Cn1ccc(-c2ccc(Cc3cc(C(=O)N[C@H]4CCCC[C@@H]4O)nc4sccc34)cc2)n1. The van der Waals surface area contributed by atoms with E-state index >= 15 is 0 Å². The lowest BCUT2D eigenvalue weighted by Crippen LogP contribution is -2.45. The number of benzene rings is 1. The molecule has 1 fully saturated rings. The lowest BCUT2D eigenvalue weighted by atomic mass is 9.92. The molecule has 32 heavy (non-hydrogen) atoms. The first-order valence-corrected chi connectivity index (χ1v) is 11.9. The van der Waals surface area contributed by atoms with E-state index in [0.29, 0.717) is 12.1 Å². The molecule has 1 saturated carbocycles. The number of aliphatic hydroxyl groups excluding tert-OH is 1. The van der Waals surface area contributed by atoms with Crippen molar-refractivity contribution in [2.24, 2.45) is 7.05 Å². The van der Waals surface area contributed by atoms with Crippen molar-refractivity contribution in [3.63, 3.8) is 0 Å². The highest BCUT2D eigenvalue weighted by atomic mass is 32.1. The van der Waals surface area contributed by atoms with Gasteiger partial charge in [0, 0.05) is 24.2 Å². The van der Waals surface area contributed by atoms with Gasteiger partial charge in [0.15, 0.2) is 0 Å². The molecular formula is C25H26N4O2S. The molecule has 1 amide bonds. The average Bonchev–Trinajstić information content (AvgIpc) is 3.45. The Morgan fingerprint density at radius 1 is 1.19 bits per heavy atom. The second kappa shape index (κ2) is 8.84. The summed E-state index contributed by atoms with van der Waals surface area (Å²) in [5.41, 5.74) is 4.69. The van der Waals surface area contributed by atoms with Crippen molar-refractivity contribution in [2.45, 2.75) is 44.2 Å². The maximum atomic E-state index is 12.9. The molecule has 0 bridgehead atoms. The molecule has 0 spiro atoms. The number of fused-ring (bicyclic) bond motifs is 1. The Kier molecular flexibility index (Phi) is 5.76. The molecule has 5 rings (SSSR count). The number of rotatable bonds is 5. The predicted molar refractivity (Wildman–Crippen MR) is 127 cm³/mol. The normalized spacial score (nSPS) is 18.7. The molecule has 7 heteroatoms. The molecule has 1 aromatic carbocycles. The second-order valence-corrected chi connectivity index (χ2v) is 9.38. The number of carbonyl (C=O) groups excluding carboxylic acids is 1. The second-order valence-electron chi connectivity index (χ2n) is 8.49. The average molecular weight is 447 g/mol. The van der Waals surface area contributed by atoms with Crippen LogP contribution >= 0.6 is 11.3 Å². The predicted octanol–water partition coefficient (Wildman–Crippen LogP) is 4.32. The first-order chi connectivity index (χ1) is 15.6. The highest BCUT2D eigenvalue weighted by molar-refractivity contribution is 7.16. The molecule has 2 N–H and O–H groups in total.